The molecular formula is C16H23N3O3. The van der Waals surface area contributed by atoms with Gasteiger partial charge in [-0.2, -0.15) is 0 Å². The number of aliphatic carboxylic acids is 1. The number of imidazole rings is 1. The Balaban J connectivity index is 1.49. The fraction of sp³-hybridized carbons (Fsp3) is 0.688. The number of amides is 1. The zero-order valence-electron chi connectivity index (χ0n) is 12.9. The van der Waals surface area contributed by atoms with Gasteiger partial charge in [-0.15, -0.1) is 0 Å². The molecule has 2 fully saturated rings. The minimum absolute atomic E-state index is 0.0254. The molecule has 2 aliphatic rings. The van der Waals surface area contributed by atoms with Crippen LogP contribution in [-0.4, -0.2) is 33.1 Å². The Morgan fingerprint density at radius 1 is 1.41 bits per heavy atom. The van der Waals surface area contributed by atoms with Crippen LogP contribution in [0.4, 0.5) is 0 Å². The minimum atomic E-state index is -0.774. The van der Waals surface area contributed by atoms with Crippen LogP contribution in [0.5, 0.6) is 0 Å². The monoisotopic (exact) mass is 305 g/mol. The van der Waals surface area contributed by atoms with Gasteiger partial charge in [-0.3, -0.25) is 9.59 Å². The molecule has 3 rings (SSSR count). The van der Waals surface area contributed by atoms with Crippen LogP contribution >= 0.6 is 0 Å². The number of hydrogen-bond acceptors (Lipinski definition) is 3. The summed E-state index contributed by atoms with van der Waals surface area (Å²) in [4.78, 5) is 27.4. The van der Waals surface area contributed by atoms with Crippen molar-refractivity contribution in [3.63, 3.8) is 0 Å². The van der Waals surface area contributed by atoms with E-state index >= 15 is 0 Å². The maximum absolute atomic E-state index is 12.2. The van der Waals surface area contributed by atoms with Crippen molar-refractivity contribution in [3.8, 4) is 0 Å². The molecule has 1 amide bonds. The number of carboxylic acids is 1. The van der Waals surface area contributed by atoms with Gasteiger partial charge < -0.3 is 15.0 Å². The van der Waals surface area contributed by atoms with Crippen LogP contribution in [0, 0.1) is 24.2 Å². The molecule has 120 valence electrons. The van der Waals surface area contributed by atoms with E-state index in [-0.39, 0.29) is 23.2 Å². The minimum Gasteiger partial charge on any atom is -0.481 e. The maximum Gasteiger partial charge on any atom is 0.306 e. The van der Waals surface area contributed by atoms with Crippen LogP contribution in [0.2, 0.25) is 0 Å². The number of nitrogens with zero attached hydrogens (tertiary/aromatic N) is 2. The average molecular weight is 305 g/mol. The second-order valence-corrected chi connectivity index (χ2v) is 6.87. The molecule has 1 heterocycles. The normalized spacial score (nSPS) is 25.9. The summed E-state index contributed by atoms with van der Waals surface area (Å²) >= 11 is 0. The van der Waals surface area contributed by atoms with Gasteiger partial charge in [-0.05, 0) is 39.0 Å². The van der Waals surface area contributed by atoms with Crippen LogP contribution in [0.1, 0.15) is 37.9 Å². The van der Waals surface area contributed by atoms with Gasteiger partial charge in [0, 0.05) is 36.8 Å². The van der Waals surface area contributed by atoms with Crippen molar-refractivity contribution < 1.29 is 14.7 Å². The zero-order chi connectivity index (χ0) is 15.7. The average Bonchev–Trinajstić information content (AvgIpc) is 2.88. The SMILES string of the molecule is Cc1nccn1CC1(CNC(=O)[C@H]2CC[C@@H](C(=O)O)C2)CC1. The molecule has 2 N–H and O–H groups in total. The van der Waals surface area contributed by atoms with Gasteiger partial charge in [0.05, 0.1) is 5.92 Å². The number of rotatable bonds is 6. The zero-order valence-corrected chi connectivity index (χ0v) is 12.9. The number of aromatic nitrogens is 2. The van der Waals surface area contributed by atoms with Gasteiger partial charge in [0.25, 0.3) is 0 Å². The number of hydrogen-bond donors (Lipinski definition) is 2. The lowest BCUT2D eigenvalue weighted by atomic mass is 10.0. The molecule has 0 bridgehead atoms. The van der Waals surface area contributed by atoms with Crippen LogP contribution < -0.4 is 5.32 Å². The van der Waals surface area contributed by atoms with Gasteiger partial charge in [-0.25, -0.2) is 4.98 Å². The van der Waals surface area contributed by atoms with Gasteiger partial charge in [0.2, 0.25) is 5.91 Å². The first kappa shape index (κ1) is 15.1. The number of carbonyl (C=O) groups excluding carboxylic acids is 1. The van der Waals surface area contributed by atoms with Gasteiger partial charge in [-0.1, -0.05) is 0 Å². The molecule has 6 heteroatoms. The molecule has 0 radical (unpaired) electrons. The molecule has 0 aromatic carbocycles. The summed E-state index contributed by atoms with van der Waals surface area (Å²) in [5, 5.41) is 12.1. The van der Waals surface area contributed by atoms with Crippen molar-refractivity contribution in [1.29, 1.82) is 0 Å². The molecule has 2 atom stereocenters. The molecule has 1 aromatic heterocycles. The molecule has 2 aliphatic carbocycles. The first-order valence-corrected chi connectivity index (χ1v) is 7.97. The highest BCUT2D eigenvalue weighted by Crippen LogP contribution is 2.46. The Kier molecular flexibility index (Phi) is 3.93. The number of carbonyl (C=O) groups is 2. The quantitative estimate of drug-likeness (QED) is 0.836. The highest BCUT2D eigenvalue weighted by Gasteiger charge is 2.44. The van der Waals surface area contributed by atoms with E-state index in [0.717, 1.165) is 25.2 Å². The van der Waals surface area contributed by atoms with Crippen molar-refractivity contribution in [2.45, 2.75) is 45.6 Å². The summed E-state index contributed by atoms with van der Waals surface area (Å²) in [6, 6.07) is 0. The summed E-state index contributed by atoms with van der Waals surface area (Å²) in [5.41, 5.74) is 0.159. The molecule has 0 saturated heterocycles. The summed E-state index contributed by atoms with van der Waals surface area (Å²) in [5.74, 6) is -0.231. The maximum atomic E-state index is 12.2. The van der Waals surface area contributed by atoms with Crippen molar-refractivity contribution in [1.82, 2.24) is 14.9 Å². The molecular weight excluding hydrogens is 282 g/mol. The largest absolute Gasteiger partial charge is 0.481 e. The van der Waals surface area contributed by atoms with Crippen LogP contribution in [0.3, 0.4) is 0 Å². The molecule has 0 unspecified atom stereocenters. The number of nitrogens with one attached hydrogen (secondary N) is 1. The van der Waals surface area contributed by atoms with Crippen molar-refractivity contribution in [2.24, 2.45) is 17.3 Å². The lowest BCUT2D eigenvalue weighted by Gasteiger charge is -2.19. The molecule has 1 aromatic rings. The van der Waals surface area contributed by atoms with Crippen LogP contribution in [-0.2, 0) is 16.1 Å². The van der Waals surface area contributed by atoms with Crippen molar-refractivity contribution >= 4 is 11.9 Å². The molecule has 2 saturated carbocycles. The third-order valence-electron chi connectivity index (χ3n) is 5.18. The number of aryl methyl sites for hydroxylation is 1. The van der Waals surface area contributed by atoms with E-state index < -0.39 is 5.97 Å². The molecule has 0 aliphatic heterocycles. The van der Waals surface area contributed by atoms with Crippen molar-refractivity contribution in [3.05, 3.63) is 18.2 Å². The van der Waals surface area contributed by atoms with Gasteiger partial charge >= 0.3 is 5.97 Å². The van der Waals surface area contributed by atoms with E-state index in [0.29, 0.717) is 25.8 Å². The van der Waals surface area contributed by atoms with E-state index in [1.54, 1.807) is 6.20 Å². The standard InChI is InChI=1S/C16H23N3O3/c1-11-17-6-7-19(11)10-16(4-5-16)9-18-14(20)12-2-3-13(8-12)15(21)22/h6-7,12-13H,2-5,8-10H2,1H3,(H,18,20)(H,21,22)/t12-,13+/m0/s1. The first-order chi connectivity index (χ1) is 10.5. The second kappa shape index (κ2) is 5.74. The number of carboxylic acid groups (broad SMARTS) is 1. The van der Waals surface area contributed by atoms with E-state index in [2.05, 4.69) is 14.9 Å². The van der Waals surface area contributed by atoms with Crippen LogP contribution in [0.15, 0.2) is 12.4 Å². The smallest absolute Gasteiger partial charge is 0.306 e. The van der Waals surface area contributed by atoms with E-state index in [1.165, 1.54) is 0 Å². The van der Waals surface area contributed by atoms with Crippen molar-refractivity contribution in [2.75, 3.05) is 6.54 Å². The second-order valence-electron chi connectivity index (χ2n) is 6.87. The molecule has 22 heavy (non-hydrogen) atoms. The van der Waals surface area contributed by atoms with E-state index in [9.17, 15) is 9.59 Å². The Morgan fingerprint density at radius 2 is 2.14 bits per heavy atom. The van der Waals surface area contributed by atoms with Gasteiger partial charge in [0.1, 0.15) is 5.82 Å². The highest BCUT2D eigenvalue weighted by atomic mass is 16.4. The first-order valence-electron chi connectivity index (χ1n) is 7.97. The Bertz CT molecular complexity index is 577. The predicted octanol–water partition coefficient (Wildman–Crippen LogP) is 1.59. The summed E-state index contributed by atoms with van der Waals surface area (Å²) in [7, 11) is 0. The Hall–Kier alpha value is -1.85. The fourth-order valence-corrected chi connectivity index (χ4v) is 3.36. The summed E-state index contributed by atoms with van der Waals surface area (Å²) in [6.07, 6.45) is 7.80. The molecule has 0 spiro atoms. The summed E-state index contributed by atoms with van der Waals surface area (Å²) in [6.45, 7) is 3.55. The summed E-state index contributed by atoms with van der Waals surface area (Å²) < 4.78 is 2.13. The lowest BCUT2D eigenvalue weighted by Crippen LogP contribution is -2.36. The fourth-order valence-electron chi connectivity index (χ4n) is 3.36. The predicted molar refractivity (Wildman–Crippen MR) is 80.1 cm³/mol. The Labute approximate surface area is 129 Å². The highest BCUT2D eigenvalue weighted by molar-refractivity contribution is 5.80. The third kappa shape index (κ3) is 3.15. The molecule has 6 nitrogen and oxygen atoms in total. The van der Waals surface area contributed by atoms with E-state index in [1.807, 2.05) is 13.1 Å². The lowest BCUT2D eigenvalue weighted by molar-refractivity contribution is -0.141. The Morgan fingerprint density at radius 3 is 2.68 bits per heavy atom. The van der Waals surface area contributed by atoms with Crippen LogP contribution in [0.25, 0.3) is 0 Å². The van der Waals surface area contributed by atoms with Gasteiger partial charge in [0.15, 0.2) is 0 Å². The third-order valence-corrected chi connectivity index (χ3v) is 5.18. The topological polar surface area (TPSA) is 84.2 Å². The van der Waals surface area contributed by atoms with E-state index in [4.69, 9.17) is 5.11 Å².